The number of amides is 3. The number of hydrogen-bond donors (Lipinski definition) is 4. The van der Waals surface area contributed by atoms with E-state index in [1.54, 1.807) is 6.07 Å². The minimum absolute atomic E-state index is 0.0314. The molecular formula is C44H71N7O13. The van der Waals surface area contributed by atoms with Crippen molar-refractivity contribution in [3.05, 3.63) is 70.1 Å². The van der Waals surface area contributed by atoms with E-state index in [2.05, 4.69) is 26.0 Å². The van der Waals surface area contributed by atoms with Crippen molar-refractivity contribution in [1.29, 1.82) is 0 Å². The van der Waals surface area contributed by atoms with E-state index in [4.69, 9.17) is 58.6 Å². The van der Waals surface area contributed by atoms with Crippen LogP contribution in [-0.2, 0) is 63.4 Å². The highest BCUT2D eigenvalue weighted by molar-refractivity contribution is 5.99. The zero-order chi connectivity index (χ0) is 46.1. The standard InChI is InChI=1S/C44H71N7O13/c1-36-11-12-38(41(34-36)55-2)49-43(53)39(10-6-7-14-45)50-44(54)40(35-37-8-4-3-5-9-37)48-42(52)13-16-56-18-20-58-22-24-60-26-28-62-30-32-64-33-31-63-29-27-61-25-23-59-21-19-57-17-15-47-51-46/h3-5,8-9,11-12,34,39-40H,6-7,10,13-33,35,45H2,1-2H3,(H,48,52)(H,49,53)(H,50,54)/t39-,40-/m0/s1. The van der Waals surface area contributed by atoms with Crippen LogP contribution in [0.4, 0.5) is 5.69 Å². The van der Waals surface area contributed by atoms with Crippen LogP contribution in [0.25, 0.3) is 10.4 Å². The first-order chi connectivity index (χ1) is 31.4. The van der Waals surface area contributed by atoms with Gasteiger partial charge < -0.3 is 69.1 Å². The van der Waals surface area contributed by atoms with E-state index < -0.39 is 23.9 Å². The highest BCUT2D eigenvalue weighted by atomic mass is 16.6. The number of carbonyl (C=O) groups is 3. The molecule has 0 spiro atoms. The number of anilines is 1. The predicted octanol–water partition coefficient (Wildman–Crippen LogP) is 3.13. The second kappa shape index (κ2) is 39.0. The summed E-state index contributed by atoms with van der Waals surface area (Å²) in [5, 5.41) is 12.0. The number of nitrogens with zero attached hydrogens (tertiary/aromatic N) is 3. The fourth-order valence-corrected chi connectivity index (χ4v) is 5.66. The average Bonchev–Trinajstić information content (AvgIpc) is 3.30. The Bertz CT molecular complexity index is 1560. The van der Waals surface area contributed by atoms with Crippen LogP contribution in [0, 0.1) is 6.92 Å². The summed E-state index contributed by atoms with van der Waals surface area (Å²) in [6.07, 6.45) is 1.93. The van der Waals surface area contributed by atoms with Crippen LogP contribution in [0.3, 0.4) is 0 Å². The fourth-order valence-electron chi connectivity index (χ4n) is 5.66. The van der Waals surface area contributed by atoms with Crippen LogP contribution in [0.2, 0.25) is 0 Å². The summed E-state index contributed by atoms with van der Waals surface area (Å²) in [6, 6.07) is 13.0. The van der Waals surface area contributed by atoms with E-state index in [0.717, 1.165) is 11.1 Å². The van der Waals surface area contributed by atoms with E-state index >= 15 is 0 Å². The van der Waals surface area contributed by atoms with Gasteiger partial charge in [-0.05, 0) is 61.5 Å². The normalized spacial score (nSPS) is 12.0. The van der Waals surface area contributed by atoms with E-state index in [0.29, 0.717) is 149 Å². The number of unbranched alkanes of at least 4 members (excludes halogenated alkanes) is 1. The molecule has 3 amide bonds. The number of nitrogens with one attached hydrogen (secondary N) is 3. The van der Waals surface area contributed by atoms with Crippen molar-refractivity contribution in [3.63, 3.8) is 0 Å². The maximum Gasteiger partial charge on any atom is 0.247 e. The number of hydrogen-bond acceptors (Lipinski definition) is 15. The van der Waals surface area contributed by atoms with Gasteiger partial charge in [0.15, 0.2) is 0 Å². The van der Waals surface area contributed by atoms with E-state index in [9.17, 15) is 14.4 Å². The molecule has 0 aliphatic heterocycles. The SMILES string of the molecule is COc1cc(C)ccc1NC(=O)[C@H](CCCCN)NC(=O)[C@H](Cc1ccccc1)NC(=O)CCOCCOCCOCCOCCOCCOCCOCCOCCOCCN=[N+]=[N-]. The number of methoxy groups -OCH3 is 1. The minimum Gasteiger partial charge on any atom is -0.495 e. The van der Waals surface area contributed by atoms with Crippen LogP contribution in [0.1, 0.15) is 36.8 Å². The molecule has 0 unspecified atom stereocenters. The molecule has 2 rings (SSSR count). The lowest BCUT2D eigenvalue weighted by atomic mass is 10.0. The lowest BCUT2D eigenvalue weighted by molar-refractivity contribution is -0.131. The maximum atomic E-state index is 13.7. The summed E-state index contributed by atoms with van der Waals surface area (Å²) >= 11 is 0. The molecule has 20 heteroatoms. The quantitative estimate of drug-likeness (QED) is 0.0323. The summed E-state index contributed by atoms with van der Waals surface area (Å²) in [7, 11) is 1.53. The molecule has 0 saturated carbocycles. The summed E-state index contributed by atoms with van der Waals surface area (Å²) in [5.41, 5.74) is 16.2. The van der Waals surface area contributed by atoms with Crippen molar-refractivity contribution in [2.75, 3.05) is 144 Å². The number of benzene rings is 2. The highest BCUT2D eigenvalue weighted by Crippen LogP contribution is 2.25. The molecule has 2 aromatic rings. The van der Waals surface area contributed by atoms with Gasteiger partial charge in [-0.15, -0.1) is 0 Å². The summed E-state index contributed by atoms with van der Waals surface area (Å²) in [6.45, 7) is 9.98. The average molecular weight is 906 g/mol. The lowest BCUT2D eigenvalue weighted by Gasteiger charge is -2.24. The van der Waals surface area contributed by atoms with Crippen molar-refractivity contribution >= 4 is 23.4 Å². The van der Waals surface area contributed by atoms with Crippen LogP contribution < -0.4 is 26.4 Å². The molecule has 360 valence electrons. The summed E-state index contributed by atoms with van der Waals surface area (Å²) in [4.78, 5) is 42.9. The molecule has 0 aliphatic rings. The van der Waals surface area contributed by atoms with Crippen LogP contribution in [-0.4, -0.2) is 169 Å². The molecular weight excluding hydrogens is 835 g/mol. The Balaban J connectivity index is 1.52. The molecule has 2 aromatic carbocycles. The Morgan fingerprint density at radius 3 is 1.62 bits per heavy atom. The van der Waals surface area contributed by atoms with Crippen LogP contribution in [0.15, 0.2) is 53.6 Å². The van der Waals surface area contributed by atoms with Gasteiger partial charge in [0, 0.05) is 24.3 Å². The fraction of sp³-hybridized carbons (Fsp3) is 0.659. The molecule has 0 aromatic heterocycles. The molecule has 0 heterocycles. The molecule has 0 aliphatic carbocycles. The Morgan fingerprint density at radius 2 is 1.14 bits per heavy atom. The third kappa shape index (κ3) is 29.1. The van der Waals surface area contributed by atoms with E-state index in [-0.39, 0.29) is 32.0 Å². The molecule has 0 saturated heterocycles. The number of ether oxygens (including phenoxy) is 10. The Morgan fingerprint density at radius 1 is 0.641 bits per heavy atom. The Labute approximate surface area is 377 Å². The molecule has 20 nitrogen and oxygen atoms in total. The van der Waals surface area contributed by atoms with Crippen LogP contribution in [0.5, 0.6) is 5.75 Å². The number of carbonyl (C=O) groups excluding carboxylic acids is 3. The van der Waals surface area contributed by atoms with Gasteiger partial charge in [0.2, 0.25) is 17.7 Å². The Hall–Kier alpha value is -4.44. The van der Waals surface area contributed by atoms with Gasteiger partial charge in [-0.2, -0.15) is 0 Å². The van der Waals surface area contributed by atoms with E-state index in [1.165, 1.54) is 7.11 Å². The van der Waals surface area contributed by atoms with Gasteiger partial charge in [-0.1, -0.05) is 41.5 Å². The molecule has 2 atom stereocenters. The van der Waals surface area contributed by atoms with Gasteiger partial charge in [0.25, 0.3) is 0 Å². The van der Waals surface area contributed by atoms with Gasteiger partial charge in [-0.25, -0.2) is 0 Å². The van der Waals surface area contributed by atoms with E-state index in [1.807, 2.05) is 49.4 Å². The smallest absolute Gasteiger partial charge is 0.247 e. The third-order valence-electron chi connectivity index (χ3n) is 8.98. The largest absolute Gasteiger partial charge is 0.495 e. The predicted molar refractivity (Wildman–Crippen MR) is 239 cm³/mol. The minimum atomic E-state index is -0.932. The number of rotatable bonds is 42. The zero-order valence-corrected chi connectivity index (χ0v) is 37.7. The molecule has 0 radical (unpaired) electrons. The molecule has 0 bridgehead atoms. The van der Waals surface area contributed by atoms with Crippen molar-refractivity contribution in [3.8, 4) is 5.75 Å². The zero-order valence-electron chi connectivity index (χ0n) is 37.7. The van der Waals surface area contributed by atoms with Gasteiger partial charge in [0.1, 0.15) is 17.8 Å². The second-order valence-corrected chi connectivity index (χ2v) is 14.1. The summed E-state index contributed by atoms with van der Waals surface area (Å²) in [5.74, 6) is -0.730. The van der Waals surface area contributed by atoms with Gasteiger partial charge in [0.05, 0.1) is 132 Å². The van der Waals surface area contributed by atoms with Crippen LogP contribution >= 0.6 is 0 Å². The summed E-state index contributed by atoms with van der Waals surface area (Å²) < 4.78 is 54.6. The first-order valence-electron chi connectivity index (χ1n) is 21.9. The Kier molecular flexibility index (Phi) is 33.9. The van der Waals surface area contributed by atoms with Crippen molar-refractivity contribution in [1.82, 2.24) is 10.6 Å². The topological polar surface area (TPSA) is 254 Å². The van der Waals surface area contributed by atoms with Crippen molar-refractivity contribution < 1.29 is 61.8 Å². The lowest BCUT2D eigenvalue weighted by Crippen LogP contribution is -2.53. The molecule has 0 fully saturated rings. The highest BCUT2D eigenvalue weighted by Gasteiger charge is 2.27. The van der Waals surface area contributed by atoms with Gasteiger partial charge in [-0.3, -0.25) is 14.4 Å². The number of nitrogens with two attached hydrogens (primary N) is 1. The van der Waals surface area contributed by atoms with Crippen molar-refractivity contribution in [2.24, 2.45) is 10.8 Å². The molecule has 5 N–H and O–H groups in total. The second-order valence-electron chi connectivity index (χ2n) is 14.1. The maximum absolute atomic E-state index is 13.7. The number of azide groups is 1. The monoisotopic (exact) mass is 906 g/mol. The number of aryl methyl sites for hydroxylation is 1. The van der Waals surface area contributed by atoms with Gasteiger partial charge >= 0.3 is 0 Å². The molecule has 64 heavy (non-hydrogen) atoms. The first-order valence-corrected chi connectivity index (χ1v) is 21.9. The van der Waals surface area contributed by atoms with Crippen molar-refractivity contribution in [2.45, 2.75) is 51.1 Å². The first kappa shape index (κ1) is 55.7. The third-order valence-corrected chi connectivity index (χ3v) is 8.98.